The normalized spacial score (nSPS) is 15.2. The number of para-hydroxylation sites is 1. The molecule has 156 valence electrons. The first-order chi connectivity index (χ1) is 14.0. The largest absolute Gasteiger partial charge is 0.312 e. The molecule has 0 spiro atoms. The number of anilines is 1. The number of hydrogen-bond acceptors (Lipinski definition) is 3. The molecule has 0 saturated heterocycles. The van der Waals surface area contributed by atoms with Crippen LogP contribution in [-0.2, 0) is 14.8 Å². The van der Waals surface area contributed by atoms with E-state index < -0.39 is 10.0 Å². The number of nitrogens with one attached hydrogen (secondary N) is 1. The van der Waals surface area contributed by atoms with Crippen LogP contribution in [0, 0.1) is 5.92 Å². The Morgan fingerprint density at radius 3 is 2.31 bits per heavy atom. The molecule has 1 aliphatic carbocycles. The maximum atomic E-state index is 13.1. The Balaban J connectivity index is 1.61. The van der Waals surface area contributed by atoms with Crippen LogP contribution in [0.25, 0.3) is 0 Å². The number of rotatable bonds is 8. The van der Waals surface area contributed by atoms with E-state index in [1.54, 1.807) is 12.1 Å². The number of benzene rings is 2. The van der Waals surface area contributed by atoms with Gasteiger partial charge in [-0.05, 0) is 55.7 Å². The molecule has 5 nitrogen and oxygen atoms in total. The van der Waals surface area contributed by atoms with E-state index >= 15 is 0 Å². The van der Waals surface area contributed by atoms with Gasteiger partial charge in [-0.25, -0.2) is 13.1 Å². The molecule has 0 radical (unpaired) electrons. The molecule has 0 aliphatic heterocycles. The molecular weight excluding hydrogens is 408 g/mol. The Hall–Kier alpha value is -1.89. The van der Waals surface area contributed by atoms with Gasteiger partial charge in [-0.3, -0.25) is 4.79 Å². The van der Waals surface area contributed by atoms with Gasteiger partial charge in [0.2, 0.25) is 15.9 Å². The molecule has 1 fully saturated rings. The summed E-state index contributed by atoms with van der Waals surface area (Å²) < 4.78 is 27.4. The minimum absolute atomic E-state index is 0.0646. The first-order valence-corrected chi connectivity index (χ1v) is 12.0. The summed E-state index contributed by atoms with van der Waals surface area (Å²) in [5, 5.41) is 0.490. The van der Waals surface area contributed by atoms with Crippen molar-refractivity contribution >= 4 is 33.2 Å². The molecule has 2 aromatic rings. The van der Waals surface area contributed by atoms with Crippen molar-refractivity contribution in [2.75, 3.05) is 18.0 Å². The first kappa shape index (κ1) is 21.8. The predicted molar refractivity (Wildman–Crippen MR) is 117 cm³/mol. The fraction of sp³-hybridized carbons (Fsp3) is 0.409. The topological polar surface area (TPSA) is 66.5 Å². The fourth-order valence-corrected chi connectivity index (χ4v) is 4.89. The predicted octanol–water partition coefficient (Wildman–Crippen LogP) is 4.62. The average Bonchev–Trinajstić information content (AvgIpc) is 2.75. The molecule has 7 heteroatoms. The Morgan fingerprint density at radius 2 is 1.66 bits per heavy atom. The van der Waals surface area contributed by atoms with Gasteiger partial charge in [-0.15, -0.1) is 0 Å². The number of halogens is 1. The highest BCUT2D eigenvalue weighted by Gasteiger charge is 2.26. The molecule has 0 bridgehead atoms. The summed E-state index contributed by atoms with van der Waals surface area (Å²) in [6.07, 6.45) is 5.79. The Kier molecular flexibility index (Phi) is 7.70. The number of amides is 1. The van der Waals surface area contributed by atoms with Gasteiger partial charge in [0.1, 0.15) is 0 Å². The number of carbonyl (C=O) groups is 1. The summed E-state index contributed by atoms with van der Waals surface area (Å²) in [6, 6.07) is 15.7. The van der Waals surface area contributed by atoms with Gasteiger partial charge in [-0.2, -0.15) is 0 Å². The standard InChI is InChI=1S/C22H27ClN2O3S/c23-19-12-14-21(15-13-19)29(27,28)24-16-7-17-25(20-10-5-2-6-11-20)22(26)18-8-3-1-4-9-18/h2,5-6,10-15,18,24H,1,3-4,7-9,16-17H2. The molecule has 1 saturated carbocycles. The van der Waals surface area contributed by atoms with Crippen molar-refractivity contribution in [3.05, 3.63) is 59.6 Å². The molecule has 2 aromatic carbocycles. The maximum absolute atomic E-state index is 13.1. The lowest BCUT2D eigenvalue weighted by molar-refractivity contribution is -0.123. The third-order valence-electron chi connectivity index (χ3n) is 5.26. The van der Waals surface area contributed by atoms with Gasteiger partial charge in [0.15, 0.2) is 0 Å². The van der Waals surface area contributed by atoms with E-state index in [1.807, 2.05) is 35.2 Å². The SMILES string of the molecule is O=C(C1CCCCC1)N(CCCNS(=O)(=O)c1ccc(Cl)cc1)c1ccccc1. The van der Waals surface area contributed by atoms with Crippen LogP contribution in [0.4, 0.5) is 5.69 Å². The second kappa shape index (κ2) is 10.2. The third kappa shape index (κ3) is 6.04. The van der Waals surface area contributed by atoms with Crippen molar-refractivity contribution in [3.8, 4) is 0 Å². The number of hydrogen-bond donors (Lipinski definition) is 1. The van der Waals surface area contributed by atoms with Gasteiger partial charge in [0.05, 0.1) is 4.90 Å². The highest BCUT2D eigenvalue weighted by Crippen LogP contribution is 2.27. The van der Waals surface area contributed by atoms with Crippen LogP contribution in [0.15, 0.2) is 59.5 Å². The first-order valence-electron chi connectivity index (χ1n) is 10.1. The minimum atomic E-state index is -3.59. The van der Waals surface area contributed by atoms with Crippen molar-refractivity contribution in [3.63, 3.8) is 0 Å². The van der Waals surface area contributed by atoms with Gasteiger partial charge < -0.3 is 4.90 Å². The summed E-state index contributed by atoms with van der Waals surface area (Å²) in [5.74, 6) is 0.214. The Labute approximate surface area is 178 Å². The van der Waals surface area contributed by atoms with Crippen molar-refractivity contribution in [1.29, 1.82) is 0 Å². The zero-order valence-corrected chi connectivity index (χ0v) is 18.0. The lowest BCUT2D eigenvalue weighted by Gasteiger charge is -2.29. The molecule has 1 aliphatic rings. The quantitative estimate of drug-likeness (QED) is 0.616. The molecule has 0 unspecified atom stereocenters. The molecule has 29 heavy (non-hydrogen) atoms. The highest BCUT2D eigenvalue weighted by atomic mass is 35.5. The van der Waals surface area contributed by atoms with Crippen LogP contribution in [-0.4, -0.2) is 27.4 Å². The molecule has 0 aromatic heterocycles. The highest BCUT2D eigenvalue weighted by molar-refractivity contribution is 7.89. The third-order valence-corrected chi connectivity index (χ3v) is 6.99. The summed E-state index contributed by atoms with van der Waals surface area (Å²) in [7, 11) is -3.59. The lowest BCUT2D eigenvalue weighted by atomic mass is 9.88. The van der Waals surface area contributed by atoms with E-state index in [0.29, 0.717) is 18.0 Å². The van der Waals surface area contributed by atoms with Gasteiger partial charge >= 0.3 is 0 Å². The zero-order chi connectivity index (χ0) is 20.7. The molecule has 0 heterocycles. The second-order valence-electron chi connectivity index (χ2n) is 7.37. The summed E-state index contributed by atoms with van der Waals surface area (Å²) in [6.45, 7) is 0.731. The summed E-state index contributed by atoms with van der Waals surface area (Å²) in [5.41, 5.74) is 0.864. The van der Waals surface area contributed by atoms with Gasteiger partial charge in [-0.1, -0.05) is 49.1 Å². The average molecular weight is 435 g/mol. The Bertz CT molecular complexity index is 895. The van der Waals surface area contributed by atoms with E-state index in [9.17, 15) is 13.2 Å². The van der Waals surface area contributed by atoms with Crippen LogP contribution in [0.5, 0.6) is 0 Å². The fourth-order valence-electron chi connectivity index (χ4n) is 3.69. The molecule has 3 rings (SSSR count). The number of nitrogens with zero attached hydrogens (tertiary/aromatic N) is 1. The maximum Gasteiger partial charge on any atom is 0.240 e. The van der Waals surface area contributed by atoms with Gasteiger partial charge in [0.25, 0.3) is 0 Å². The van der Waals surface area contributed by atoms with Crippen LogP contribution in [0.3, 0.4) is 0 Å². The smallest absolute Gasteiger partial charge is 0.240 e. The van der Waals surface area contributed by atoms with E-state index in [1.165, 1.54) is 18.6 Å². The van der Waals surface area contributed by atoms with Gasteiger partial charge in [0, 0.05) is 29.7 Å². The van der Waals surface area contributed by atoms with Crippen LogP contribution >= 0.6 is 11.6 Å². The summed E-state index contributed by atoms with van der Waals surface area (Å²) >= 11 is 5.82. The van der Waals surface area contributed by atoms with E-state index in [0.717, 1.165) is 31.4 Å². The Morgan fingerprint density at radius 1 is 1.00 bits per heavy atom. The van der Waals surface area contributed by atoms with Crippen LogP contribution in [0.2, 0.25) is 5.02 Å². The molecular formula is C22H27ClN2O3S. The van der Waals surface area contributed by atoms with E-state index in [4.69, 9.17) is 11.6 Å². The minimum Gasteiger partial charge on any atom is -0.312 e. The van der Waals surface area contributed by atoms with E-state index in [2.05, 4.69) is 4.72 Å². The molecule has 1 amide bonds. The number of sulfonamides is 1. The van der Waals surface area contributed by atoms with Crippen molar-refractivity contribution < 1.29 is 13.2 Å². The monoisotopic (exact) mass is 434 g/mol. The molecule has 1 N–H and O–H groups in total. The lowest BCUT2D eigenvalue weighted by Crippen LogP contribution is -2.39. The van der Waals surface area contributed by atoms with Crippen molar-refractivity contribution in [1.82, 2.24) is 4.72 Å². The van der Waals surface area contributed by atoms with E-state index in [-0.39, 0.29) is 23.3 Å². The van der Waals surface area contributed by atoms with Crippen molar-refractivity contribution in [2.24, 2.45) is 5.92 Å². The zero-order valence-electron chi connectivity index (χ0n) is 16.4. The molecule has 0 atom stereocenters. The van der Waals surface area contributed by atoms with Crippen LogP contribution < -0.4 is 9.62 Å². The van der Waals surface area contributed by atoms with Crippen LogP contribution in [0.1, 0.15) is 38.5 Å². The van der Waals surface area contributed by atoms with Crippen molar-refractivity contribution in [2.45, 2.75) is 43.4 Å². The summed E-state index contributed by atoms with van der Waals surface area (Å²) in [4.78, 5) is 15.1. The number of carbonyl (C=O) groups excluding carboxylic acids is 1. The second-order valence-corrected chi connectivity index (χ2v) is 9.57.